The minimum atomic E-state index is -0.199. The van der Waals surface area contributed by atoms with Gasteiger partial charge in [-0.05, 0) is 33.2 Å². The van der Waals surface area contributed by atoms with Crippen molar-refractivity contribution in [1.82, 2.24) is 5.32 Å². The highest BCUT2D eigenvalue weighted by Crippen LogP contribution is 2.12. The fourth-order valence-electron chi connectivity index (χ4n) is 1.48. The Morgan fingerprint density at radius 1 is 1.67 bits per heavy atom. The maximum Gasteiger partial charge on any atom is 0.0700 e. The number of ether oxygens (including phenoxy) is 1. The first-order valence-corrected chi connectivity index (χ1v) is 4.73. The fraction of sp³-hybridized carbons (Fsp3) is 1.00. The molecule has 0 spiro atoms. The van der Waals surface area contributed by atoms with Crippen molar-refractivity contribution in [2.24, 2.45) is 0 Å². The molecule has 0 radical (unpaired) electrons. The van der Waals surface area contributed by atoms with Gasteiger partial charge >= 0.3 is 0 Å². The monoisotopic (exact) mass is 173 g/mol. The molecule has 3 atom stereocenters. The summed E-state index contributed by atoms with van der Waals surface area (Å²) < 4.78 is 5.40. The lowest BCUT2D eigenvalue weighted by Gasteiger charge is -2.16. The topological polar surface area (TPSA) is 41.5 Å². The van der Waals surface area contributed by atoms with Gasteiger partial charge in [0, 0.05) is 12.6 Å². The second-order valence-corrected chi connectivity index (χ2v) is 3.56. The molecule has 2 N–H and O–H groups in total. The molecule has 0 aromatic carbocycles. The maximum absolute atomic E-state index is 9.02. The van der Waals surface area contributed by atoms with E-state index < -0.39 is 0 Å². The second kappa shape index (κ2) is 4.80. The highest BCUT2D eigenvalue weighted by molar-refractivity contribution is 4.78. The molecule has 0 bridgehead atoms. The molecule has 12 heavy (non-hydrogen) atoms. The van der Waals surface area contributed by atoms with Gasteiger partial charge in [-0.2, -0.15) is 0 Å². The van der Waals surface area contributed by atoms with E-state index in [0.717, 1.165) is 26.0 Å². The zero-order chi connectivity index (χ0) is 8.97. The molecule has 3 heteroatoms. The van der Waals surface area contributed by atoms with Gasteiger partial charge in [-0.15, -0.1) is 0 Å². The van der Waals surface area contributed by atoms with Crippen LogP contribution in [-0.4, -0.2) is 36.5 Å². The highest BCUT2D eigenvalue weighted by atomic mass is 16.5. The van der Waals surface area contributed by atoms with Crippen molar-refractivity contribution in [2.45, 2.75) is 44.9 Å². The molecule has 1 rings (SSSR count). The van der Waals surface area contributed by atoms with Crippen molar-refractivity contribution >= 4 is 0 Å². The summed E-state index contributed by atoms with van der Waals surface area (Å²) in [6.45, 7) is 5.66. The van der Waals surface area contributed by atoms with Crippen LogP contribution in [0.3, 0.4) is 0 Å². The van der Waals surface area contributed by atoms with Crippen LogP contribution < -0.4 is 5.32 Å². The van der Waals surface area contributed by atoms with E-state index in [-0.39, 0.29) is 6.10 Å². The van der Waals surface area contributed by atoms with Crippen molar-refractivity contribution in [3.8, 4) is 0 Å². The Hall–Kier alpha value is -0.120. The molecule has 0 aromatic rings. The molecular formula is C9H19NO2. The number of rotatable bonds is 4. The van der Waals surface area contributed by atoms with E-state index in [1.54, 1.807) is 0 Å². The van der Waals surface area contributed by atoms with E-state index in [4.69, 9.17) is 9.84 Å². The molecule has 1 aliphatic rings. The van der Waals surface area contributed by atoms with Crippen LogP contribution in [0.25, 0.3) is 0 Å². The molecule has 72 valence electrons. The molecule has 1 saturated heterocycles. The average molecular weight is 173 g/mol. The number of aliphatic hydroxyl groups is 1. The third-order valence-corrected chi connectivity index (χ3v) is 2.34. The van der Waals surface area contributed by atoms with Crippen molar-refractivity contribution in [2.75, 3.05) is 13.2 Å². The van der Waals surface area contributed by atoms with Crippen molar-refractivity contribution in [3.63, 3.8) is 0 Å². The van der Waals surface area contributed by atoms with Gasteiger partial charge in [-0.1, -0.05) is 0 Å². The van der Waals surface area contributed by atoms with E-state index in [1.165, 1.54) is 0 Å². The summed E-state index contributed by atoms with van der Waals surface area (Å²) >= 11 is 0. The lowest BCUT2D eigenvalue weighted by Crippen LogP contribution is -2.36. The van der Waals surface area contributed by atoms with Crippen LogP contribution in [0.15, 0.2) is 0 Å². The Bertz CT molecular complexity index is 128. The summed E-state index contributed by atoms with van der Waals surface area (Å²) in [6.07, 6.45) is 2.05. The van der Waals surface area contributed by atoms with E-state index in [1.807, 2.05) is 6.92 Å². The minimum Gasteiger partial charge on any atom is -0.393 e. The van der Waals surface area contributed by atoms with Crippen LogP contribution in [-0.2, 0) is 4.74 Å². The second-order valence-electron chi connectivity index (χ2n) is 3.56. The molecule has 0 aliphatic carbocycles. The summed E-state index contributed by atoms with van der Waals surface area (Å²) in [6, 6.07) is 0.490. The van der Waals surface area contributed by atoms with Gasteiger partial charge in [0.25, 0.3) is 0 Å². The van der Waals surface area contributed by atoms with Crippen LogP contribution >= 0.6 is 0 Å². The minimum absolute atomic E-state index is 0.199. The largest absolute Gasteiger partial charge is 0.393 e. The number of hydrogen-bond acceptors (Lipinski definition) is 3. The van der Waals surface area contributed by atoms with Gasteiger partial charge in [0.15, 0.2) is 0 Å². The third-order valence-electron chi connectivity index (χ3n) is 2.34. The Balaban J connectivity index is 2.06. The summed E-state index contributed by atoms with van der Waals surface area (Å²) in [7, 11) is 0. The van der Waals surface area contributed by atoms with Gasteiger partial charge in [0.2, 0.25) is 0 Å². The first kappa shape index (κ1) is 9.96. The molecule has 3 nitrogen and oxygen atoms in total. The third kappa shape index (κ3) is 3.09. The Morgan fingerprint density at radius 2 is 2.42 bits per heavy atom. The molecule has 0 unspecified atom stereocenters. The molecule has 1 aliphatic heterocycles. The molecule has 1 fully saturated rings. The Kier molecular flexibility index (Phi) is 3.98. The number of hydrogen-bond donors (Lipinski definition) is 2. The zero-order valence-electron chi connectivity index (χ0n) is 7.92. The maximum atomic E-state index is 9.02. The summed E-state index contributed by atoms with van der Waals surface area (Å²) in [5.74, 6) is 0. The molecular weight excluding hydrogens is 154 g/mol. The van der Waals surface area contributed by atoms with Gasteiger partial charge in [-0.3, -0.25) is 0 Å². The highest BCUT2D eigenvalue weighted by Gasteiger charge is 2.22. The fourth-order valence-corrected chi connectivity index (χ4v) is 1.48. The predicted molar refractivity (Wildman–Crippen MR) is 48.1 cm³/mol. The summed E-state index contributed by atoms with van der Waals surface area (Å²) in [5, 5.41) is 12.4. The molecule has 0 saturated carbocycles. The SMILES string of the molecule is C[C@H](O)CCN[C@H]1CCO[C@@H]1C. The van der Waals surface area contributed by atoms with Gasteiger partial charge in [0.05, 0.1) is 12.2 Å². The quantitative estimate of drug-likeness (QED) is 0.651. The van der Waals surface area contributed by atoms with E-state index in [9.17, 15) is 0 Å². The van der Waals surface area contributed by atoms with Crippen LogP contribution in [0, 0.1) is 0 Å². The van der Waals surface area contributed by atoms with Crippen LogP contribution in [0.5, 0.6) is 0 Å². The van der Waals surface area contributed by atoms with E-state index >= 15 is 0 Å². The summed E-state index contributed by atoms with van der Waals surface area (Å²) in [4.78, 5) is 0. The molecule has 1 heterocycles. The van der Waals surface area contributed by atoms with Gasteiger partial charge < -0.3 is 15.2 Å². The molecule has 0 aromatic heterocycles. The molecule has 0 amide bonds. The van der Waals surface area contributed by atoms with Crippen molar-refractivity contribution in [3.05, 3.63) is 0 Å². The Morgan fingerprint density at radius 3 is 2.92 bits per heavy atom. The lowest BCUT2D eigenvalue weighted by molar-refractivity contribution is 0.111. The Labute approximate surface area is 74.1 Å². The van der Waals surface area contributed by atoms with Gasteiger partial charge in [-0.25, -0.2) is 0 Å². The van der Waals surface area contributed by atoms with Crippen molar-refractivity contribution in [1.29, 1.82) is 0 Å². The smallest absolute Gasteiger partial charge is 0.0700 e. The normalized spacial score (nSPS) is 32.2. The first-order valence-electron chi connectivity index (χ1n) is 4.73. The predicted octanol–water partition coefficient (Wildman–Crippen LogP) is 0.524. The number of aliphatic hydroxyl groups excluding tert-OH is 1. The van der Waals surface area contributed by atoms with E-state index in [2.05, 4.69) is 12.2 Å². The zero-order valence-corrected chi connectivity index (χ0v) is 7.92. The first-order chi connectivity index (χ1) is 5.70. The van der Waals surface area contributed by atoms with Crippen LogP contribution in [0.1, 0.15) is 26.7 Å². The van der Waals surface area contributed by atoms with Crippen molar-refractivity contribution < 1.29 is 9.84 Å². The van der Waals surface area contributed by atoms with Crippen LogP contribution in [0.4, 0.5) is 0 Å². The standard InChI is InChI=1S/C9H19NO2/c1-7(11)3-5-10-9-4-6-12-8(9)2/h7-11H,3-6H2,1-2H3/t7-,8+,9-/m0/s1. The van der Waals surface area contributed by atoms with E-state index in [0.29, 0.717) is 12.1 Å². The average Bonchev–Trinajstić information content (AvgIpc) is 2.36. The lowest BCUT2D eigenvalue weighted by atomic mass is 10.1. The van der Waals surface area contributed by atoms with Crippen LogP contribution in [0.2, 0.25) is 0 Å². The summed E-state index contributed by atoms with van der Waals surface area (Å²) in [5.41, 5.74) is 0. The number of nitrogens with one attached hydrogen (secondary N) is 1. The van der Waals surface area contributed by atoms with Gasteiger partial charge in [0.1, 0.15) is 0 Å².